The Morgan fingerprint density at radius 2 is 1.90 bits per heavy atom. The van der Waals surface area contributed by atoms with Crippen molar-refractivity contribution < 1.29 is 5.21 Å². The molecule has 0 unspecified atom stereocenters. The summed E-state index contributed by atoms with van der Waals surface area (Å²) in [6, 6.07) is 0. The number of hydrogen-bond acceptors (Lipinski definition) is 3. The van der Waals surface area contributed by atoms with Gasteiger partial charge in [-0.1, -0.05) is 19.0 Å². The minimum atomic E-state index is -0.630. The number of oxime groups is 1. The van der Waals surface area contributed by atoms with Gasteiger partial charge in [0.05, 0.1) is 5.54 Å². The fraction of sp³-hybridized carbons (Fsp3) is 0.833. The molecule has 0 aliphatic carbocycles. The molecule has 0 saturated heterocycles. The van der Waals surface area contributed by atoms with Gasteiger partial charge in [0.2, 0.25) is 0 Å². The van der Waals surface area contributed by atoms with Gasteiger partial charge in [-0.15, -0.1) is 0 Å². The Morgan fingerprint density at radius 1 is 1.50 bits per heavy atom. The van der Waals surface area contributed by atoms with Crippen LogP contribution in [-0.2, 0) is 0 Å². The lowest BCUT2D eigenvalue weighted by Crippen LogP contribution is -2.51. The summed E-state index contributed by atoms with van der Waals surface area (Å²) >= 11 is 0. The molecule has 0 aromatic carbocycles. The summed E-state index contributed by atoms with van der Waals surface area (Å²) in [5, 5.41) is 11.2. The van der Waals surface area contributed by atoms with E-state index >= 15 is 0 Å². The van der Waals surface area contributed by atoms with Crippen LogP contribution in [0.15, 0.2) is 5.16 Å². The van der Waals surface area contributed by atoms with Crippen molar-refractivity contribution in [2.45, 2.75) is 32.2 Å². The van der Waals surface area contributed by atoms with Gasteiger partial charge in [0, 0.05) is 0 Å². The molecular formula is C6H15N3O. The number of rotatable bonds is 3. The number of nitrogens with zero attached hydrogens (tertiary/aromatic N) is 1. The fourth-order valence-electron chi connectivity index (χ4n) is 0.712. The van der Waals surface area contributed by atoms with Crippen molar-refractivity contribution in [3.63, 3.8) is 0 Å². The Hall–Kier alpha value is -0.770. The molecular weight excluding hydrogens is 130 g/mol. The summed E-state index contributed by atoms with van der Waals surface area (Å²) in [7, 11) is 0. The highest BCUT2D eigenvalue weighted by molar-refractivity contribution is 5.89. The number of nitrogens with two attached hydrogens (primary N) is 2. The topological polar surface area (TPSA) is 84.6 Å². The lowest BCUT2D eigenvalue weighted by molar-refractivity contribution is 0.310. The van der Waals surface area contributed by atoms with Gasteiger partial charge >= 0.3 is 0 Å². The van der Waals surface area contributed by atoms with E-state index in [1.807, 2.05) is 13.8 Å². The Morgan fingerprint density at radius 3 is 2.00 bits per heavy atom. The molecule has 5 N–H and O–H groups in total. The van der Waals surface area contributed by atoms with Gasteiger partial charge in [-0.3, -0.25) is 0 Å². The van der Waals surface area contributed by atoms with Crippen LogP contribution in [0.4, 0.5) is 0 Å². The summed E-state index contributed by atoms with van der Waals surface area (Å²) in [6.07, 6.45) is 1.36. The molecule has 0 fully saturated rings. The van der Waals surface area contributed by atoms with Gasteiger partial charge in [-0.25, -0.2) is 0 Å². The Bertz CT molecular complexity index is 129. The Kier molecular flexibility index (Phi) is 3.15. The van der Waals surface area contributed by atoms with E-state index in [9.17, 15) is 0 Å². The summed E-state index contributed by atoms with van der Waals surface area (Å²) in [5.41, 5.74) is 10.5. The average molecular weight is 145 g/mol. The second-order valence-corrected chi connectivity index (χ2v) is 2.35. The van der Waals surface area contributed by atoms with Crippen molar-refractivity contribution in [2.24, 2.45) is 16.6 Å². The lowest BCUT2D eigenvalue weighted by Gasteiger charge is -2.24. The normalized spacial score (nSPS) is 13.7. The van der Waals surface area contributed by atoms with Crippen LogP contribution in [0.2, 0.25) is 0 Å². The van der Waals surface area contributed by atoms with Crippen LogP contribution in [0.3, 0.4) is 0 Å². The van der Waals surface area contributed by atoms with Crippen molar-refractivity contribution >= 4 is 5.84 Å². The molecule has 0 amide bonds. The van der Waals surface area contributed by atoms with Crippen LogP contribution in [0, 0.1) is 0 Å². The molecule has 60 valence electrons. The van der Waals surface area contributed by atoms with Crippen molar-refractivity contribution in [2.75, 3.05) is 0 Å². The smallest absolute Gasteiger partial charge is 0.159 e. The van der Waals surface area contributed by atoms with Crippen LogP contribution in [0.5, 0.6) is 0 Å². The summed E-state index contributed by atoms with van der Waals surface area (Å²) in [5.74, 6) is 0.109. The molecule has 0 rings (SSSR count). The van der Waals surface area contributed by atoms with E-state index in [0.29, 0.717) is 12.8 Å². The highest BCUT2D eigenvalue weighted by atomic mass is 16.4. The van der Waals surface area contributed by atoms with Crippen molar-refractivity contribution in [3.05, 3.63) is 0 Å². The second kappa shape index (κ2) is 3.41. The maximum atomic E-state index is 8.32. The highest BCUT2D eigenvalue weighted by Gasteiger charge is 2.25. The molecule has 0 radical (unpaired) electrons. The molecule has 4 nitrogen and oxygen atoms in total. The zero-order valence-electron chi connectivity index (χ0n) is 6.46. The first-order chi connectivity index (χ1) is 4.60. The largest absolute Gasteiger partial charge is 0.409 e. The molecule has 0 saturated carbocycles. The number of hydrogen-bond donors (Lipinski definition) is 3. The quantitative estimate of drug-likeness (QED) is 0.230. The third-order valence-corrected chi connectivity index (χ3v) is 1.88. The first-order valence-electron chi connectivity index (χ1n) is 3.37. The first kappa shape index (κ1) is 9.23. The lowest BCUT2D eigenvalue weighted by atomic mass is 9.93. The SMILES string of the molecule is CCC(N)(CC)/C(N)=N/O. The van der Waals surface area contributed by atoms with Gasteiger partial charge in [0.1, 0.15) is 0 Å². The van der Waals surface area contributed by atoms with E-state index in [1.54, 1.807) is 0 Å². The monoisotopic (exact) mass is 145 g/mol. The molecule has 0 aliphatic heterocycles. The van der Waals surface area contributed by atoms with Gasteiger partial charge in [-0.2, -0.15) is 0 Å². The molecule has 0 heterocycles. The van der Waals surface area contributed by atoms with E-state index in [1.165, 1.54) is 0 Å². The van der Waals surface area contributed by atoms with Gasteiger partial charge in [0.15, 0.2) is 5.84 Å². The van der Waals surface area contributed by atoms with E-state index in [-0.39, 0.29) is 5.84 Å². The van der Waals surface area contributed by atoms with Crippen LogP contribution in [-0.4, -0.2) is 16.6 Å². The van der Waals surface area contributed by atoms with Gasteiger partial charge in [0.25, 0.3) is 0 Å². The maximum absolute atomic E-state index is 8.32. The summed E-state index contributed by atoms with van der Waals surface area (Å²) < 4.78 is 0. The van der Waals surface area contributed by atoms with E-state index < -0.39 is 5.54 Å². The predicted octanol–water partition coefficient (Wildman–Crippen LogP) is 0.250. The number of amidine groups is 1. The first-order valence-corrected chi connectivity index (χ1v) is 3.37. The molecule has 0 bridgehead atoms. The zero-order valence-corrected chi connectivity index (χ0v) is 6.46. The fourth-order valence-corrected chi connectivity index (χ4v) is 0.712. The molecule has 0 aromatic rings. The van der Waals surface area contributed by atoms with Crippen molar-refractivity contribution in [1.29, 1.82) is 0 Å². The molecule has 0 aliphatic rings. The molecule has 0 aromatic heterocycles. The highest BCUT2D eigenvalue weighted by Crippen LogP contribution is 2.10. The minimum Gasteiger partial charge on any atom is -0.409 e. The third kappa shape index (κ3) is 1.60. The van der Waals surface area contributed by atoms with E-state index in [4.69, 9.17) is 16.7 Å². The standard InChI is InChI=1S/C6H15N3O/c1-3-6(8,4-2)5(7)9-10/h10H,3-4,8H2,1-2H3,(H2,7,9). The Balaban J connectivity index is 4.32. The van der Waals surface area contributed by atoms with Crippen LogP contribution in [0.25, 0.3) is 0 Å². The van der Waals surface area contributed by atoms with Crippen molar-refractivity contribution in [3.8, 4) is 0 Å². The molecule has 0 spiro atoms. The minimum absolute atomic E-state index is 0.109. The van der Waals surface area contributed by atoms with E-state index in [0.717, 1.165) is 0 Å². The molecule has 0 atom stereocenters. The Labute approximate surface area is 60.9 Å². The van der Waals surface area contributed by atoms with Gasteiger partial charge < -0.3 is 16.7 Å². The van der Waals surface area contributed by atoms with E-state index in [2.05, 4.69) is 5.16 Å². The average Bonchev–Trinajstić information content (AvgIpc) is 2.01. The van der Waals surface area contributed by atoms with Crippen LogP contribution < -0.4 is 11.5 Å². The summed E-state index contributed by atoms with van der Waals surface area (Å²) in [6.45, 7) is 3.81. The van der Waals surface area contributed by atoms with Crippen LogP contribution >= 0.6 is 0 Å². The van der Waals surface area contributed by atoms with Crippen molar-refractivity contribution in [1.82, 2.24) is 0 Å². The molecule has 10 heavy (non-hydrogen) atoms. The van der Waals surface area contributed by atoms with Crippen LogP contribution in [0.1, 0.15) is 26.7 Å². The molecule has 4 heteroatoms. The predicted molar refractivity (Wildman–Crippen MR) is 40.9 cm³/mol. The maximum Gasteiger partial charge on any atom is 0.159 e. The van der Waals surface area contributed by atoms with Gasteiger partial charge in [-0.05, 0) is 12.8 Å². The third-order valence-electron chi connectivity index (χ3n) is 1.88. The zero-order chi connectivity index (χ0) is 8.20. The summed E-state index contributed by atoms with van der Waals surface area (Å²) in [4.78, 5) is 0. The second-order valence-electron chi connectivity index (χ2n) is 2.35.